The van der Waals surface area contributed by atoms with Crippen LogP contribution in [0, 0.1) is 13.8 Å². The number of nitrogens with one attached hydrogen (secondary N) is 2. The van der Waals surface area contributed by atoms with Gasteiger partial charge in [0.15, 0.2) is 5.13 Å². The Kier molecular flexibility index (Phi) is 4.92. The molecule has 0 bridgehead atoms. The number of anilines is 1. The number of fused-ring (bicyclic) bond motifs is 1. The number of aromatic nitrogens is 1. The third kappa shape index (κ3) is 3.80. The lowest BCUT2D eigenvalue weighted by molar-refractivity contribution is -0.116. The summed E-state index contributed by atoms with van der Waals surface area (Å²) >= 11 is 2.84. The van der Waals surface area contributed by atoms with Crippen molar-refractivity contribution >= 4 is 49.8 Å². The Balaban J connectivity index is 1.55. The lowest BCUT2D eigenvalue weighted by Gasteiger charge is -2.03. The molecule has 0 unspecified atom stereocenters. The molecule has 0 radical (unpaired) electrons. The molecular weight excluding hydrogens is 342 g/mol. The molecule has 2 heterocycles. The van der Waals surface area contributed by atoms with Gasteiger partial charge in [0.25, 0.3) is 5.91 Å². The summed E-state index contributed by atoms with van der Waals surface area (Å²) in [5.74, 6) is -0.307. The Morgan fingerprint density at radius 2 is 2.08 bits per heavy atom. The van der Waals surface area contributed by atoms with E-state index < -0.39 is 0 Å². The Hall–Kier alpha value is -2.25. The van der Waals surface area contributed by atoms with Crippen molar-refractivity contribution in [2.75, 3.05) is 11.9 Å². The van der Waals surface area contributed by atoms with Crippen LogP contribution < -0.4 is 10.6 Å². The molecular formula is C17H17N3O2S2. The molecule has 0 saturated carbocycles. The normalized spacial score (nSPS) is 10.8. The number of hydrogen-bond donors (Lipinski definition) is 2. The Bertz CT molecular complexity index is 885. The van der Waals surface area contributed by atoms with E-state index in [1.807, 2.05) is 25.3 Å². The number of amides is 2. The smallest absolute Gasteiger partial charge is 0.261 e. The van der Waals surface area contributed by atoms with Crippen LogP contribution in [0.2, 0.25) is 0 Å². The predicted molar refractivity (Wildman–Crippen MR) is 99.0 cm³/mol. The predicted octanol–water partition coefficient (Wildman–Crippen LogP) is 3.73. The molecule has 0 aliphatic carbocycles. The van der Waals surface area contributed by atoms with Gasteiger partial charge in [0.1, 0.15) is 0 Å². The molecule has 124 valence electrons. The minimum atomic E-state index is -0.157. The summed E-state index contributed by atoms with van der Waals surface area (Å²) in [6.45, 7) is 4.35. The van der Waals surface area contributed by atoms with Gasteiger partial charge in [-0.1, -0.05) is 23.5 Å². The highest BCUT2D eigenvalue weighted by Gasteiger charge is 2.11. The van der Waals surface area contributed by atoms with E-state index in [1.54, 1.807) is 6.07 Å². The van der Waals surface area contributed by atoms with Crippen molar-refractivity contribution in [3.63, 3.8) is 0 Å². The minimum absolute atomic E-state index is 0.149. The zero-order chi connectivity index (χ0) is 17.1. The van der Waals surface area contributed by atoms with Crippen molar-refractivity contribution in [1.29, 1.82) is 0 Å². The first-order chi connectivity index (χ1) is 11.5. The summed E-state index contributed by atoms with van der Waals surface area (Å²) in [6, 6.07) is 7.72. The molecule has 24 heavy (non-hydrogen) atoms. The fourth-order valence-electron chi connectivity index (χ4n) is 2.39. The van der Waals surface area contributed by atoms with E-state index in [0.29, 0.717) is 16.6 Å². The number of benzene rings is 1. The minimum Gasteiger partial charge on any atom is -0.351 e. The van der Waals surface area contributed by atoms with Gasteiger partial charge >= 0.3 is 0 Å². The average molecular weight is 359 g/mol. The van der Waals surface area contributed by atoms with Crippen molar-refractivity contribution in [3.05, 3.63) is 45.6 Å². The molecule has 3 rings (SSSR count). The molecule has 2 N–H and O–H groups in total. The Morgan fingerprint density at radius 1 is 1.25 bits per heavy atom. The second-order valence-electron chi connectivity index (χ2n) is 5.48. The number of thiazole rings is 1. The summed E-state index contributed by atoms with van der Waals surface area (Å²) in [5, 5.41) is 7.98. The van der Waals surface area contributed by atoms with Gasteiger partial charge in [0, 0.05) is 13.0 Å². The molecule has 0 spiro atoms. The van der Waals surface area contributed by atoms with Gasteiger partial charge in [-0.05, 0) is 42.5 Å². The number of thiophene rings is 1. The molecule has 0 aliphatic rings. The van der Waals surface area contributed by atoms with Gasteiger partial charge in [-0.25, -0.2) is 4.98 Å². The molecule has 1 aromatic carbocycles. The third-order valence-corrected chi connectivity index (χ3v) is 5.25. The van der Waals surface area contributed by atoms with E-state index >= 15 is 0 Å². The summed E-state index contributed by atoms with van der Waals surface area (Å²) < 4.78 is 1.06. The molecule has 0 fully saturated rings. The average Bonchev–Trinajstić information content (AvgIpc) is 3.16. The number of rotatable bonds is 5. The number of carbonyl (C=O) groups is 2. The monoisotopic (exact) mass is 359 g/mol. The molecule has 0 atom stereocenters. The third-order valence-electron chi connectivity index (χ3n) is 3.46. The van der Waals surface area contributed by atoms with Crippen LogP contribution in [0.4, 0.5) is 5.13 Å². The zero-order valence-corrected chi connectivity index (χ0v) is 15.0. The summed E-state index contributed by atoms with van der Waals surface area (Å²) in [4.78, 5) is 28.9. The SMILES string of the molecule is Cc1cc(C)c2nc(NC(=O)CCNC(=O)c3cccs3)sc2c1. The second kappa shape index (κ2) is 7.11. The lowest BCUT2D eigenvalue weighted by Crippen LogP contribution is -2.27. The van der Waals surface area contributed by atoms with Crippen LogP contribution in [0.25, 0.3) is 10.2 Å². The van der Waals surface area contributed by atoms with E-state index in [9.17, 15) is 9.59 Å². The van der Waals surface area contributed by atoms with E-state index in [4.69, 9.17) is 0 Å². The fraction of sp³-hybridized carbons (Fsp3) is 0.235. The molecule has 3 aromatic rings. The highest BCUT2D eigenvalue weighted by molar-refractivity contribution is 7.22. The summed E-state index contributed by atoms with van der Waals surface area (Å²) in [7, 11) is 0. The maximum atomic E-state index is 12.0. The van der Waals surface area contributed by atoms with E-state index in [0.717, 1.165) is 15.8 Å². The van der Waals surface area contributed by atoms with Crippen LogP contribution >= 0.6 is 22.7 Å². The standard InChI is InChI=1S/C17H17N3O2S2/c1-10-8-11(2)15-13(9-10)24-17(20-15)19-14(21)5-6-18-16(22)12-4-3-7-23-12/h3-4,7-9H,5-6H2,1-2H3,(H,18,22)(H,19,20,21). The lowest BCUT2D eigenvalue weighted by atomic mass is 10.1. The fourth-order valence-corrected chi connectivity index (χ4v) is 4.09. The molecule has 7 heteroatoms. The Morgan fingerprint density at radius 3 is 2.83 bits per heavy atom. The van der Waals surface area contributed by atoms with Crippen molar-refractivity contribution in [3.8, 4) is 0 Å². The van der Waals surface area contributed by atoms with Crippen LogP contribution in [-0.4, -0.2) is 23.3 Å². The van der Waals surface area contributed by atoms with Crippen molar-refractivity contribution in [2.45, 2.75) is 20.3 Å². The van der Waals surface area contributed by atoms with Crippen LogP contribution in [0.1, 0.15) is 27.2 Å². The van der Waals surface area contributed by atoms with Crippen LogP contribution in [0.5, 0.6) is 0 Å². The second-order valence-corrected chi connectivity index (χ2v) is 7.46. The van der Waals surface area contributed by atoms with Crippen molar-refractivity contribution in [2.24, 2.45) is 0 Å². The van der Waals surface area contributed by atoms with Crippen molar-refractivity contribution in [1.82, 2.24) is 10.3 Å². The van der Waals surface area contributed by atoms with Crippen LogP contribution in [-0.2, 0) is 4.79 Å². The first-order valence-electron chi connectivity index (χ1n) is 7.52. The molecule has 0 saturated heterocycles. The highest BCUT2D eigenvalue weighted by Crippen LogP contribution is 2.29. The summed E-state index contributed by atoms with van der Waals surface area (Å²) in [5.41, 5.74) is 3.20. The van der Waals surface area contributed by atoms with Gasteiger partial charge < -0.3 is 10.6 Å². The topological polar surface area (TPSA) is 71.1 Å². The van der Waals surface area contributed by atoms with Crippen molar-refractivity contribution < 1.29 is 9.59 Å². The quantitative estimate of drug-likeness (QED) is 0.729. The molecule has 2 amide bonds. The maximum Gasteiger partial charge on any atom is 0.261 e. The van der Waals surface area contributed by atoms with Crippen LogP contribution in [0.15, 0.2) is 29.6 Å². The molecule has 5 nitrogen and oxygen atoms in total. The van der Waals surface area contributed by atoms with Gasteiger partial charge in [0.2, 0.25) is 5.91 Å². The number of nitrogens with zero attached hydrogens (tertiary/aromatic N) is 1. The van der Waals surface area contributed by atoms with E-state index in [-0.39, 0.29) is 18.2 Å². The van der Waals surface area contributed by atoms with Crippen LogP contribution in [0.3, 0.4) is 0 Å². The number of carbonyl (C=O) groups excluding carboxylic acids is 2. The largest absolute Gasteiger partial charge is 0.351 e. The zero-order valence-electron chi connectivity index (χ0n) is 13.4. The number of aryl methyl sites for hydroxylation is 2. The maximum absolute atomic E-state index is 12.0. The van der Waals surface area contributed by atoms with E-state index in [2.05, 4.69) is 27.8 Å². The Labute approximate surface area is 147 Å². The molecule has 2 aromatic heterocycles. The van der Waals surface area contributed by atoms with E-state index in [1.165, 1.54) is 28.2 Å². The number of hydrogen-bond acceptors (Lipinski definition) is 5. The van der Waals surface area contributed by atoms with Gasteiger partial charge in [-0.2, -0.15) is 0 Å². The van der Waals surface area contributed by atoms with Gasteiger partial charge in [-0.15, -0.1) is 11.3 Å². The van der Waals surface area contributed by atoms with Gasteiger partial charge in [-0.3, -0.25) is 9.59 Å². The first kappa shape index (κ1) is 16.6. The molecule has 0 aliphatic heterocycles. The first-order valence-corrected chi connectivity index (χ1v) is 9.22. The van der Waals surface area contributed by atoms with Gasteiger partial charge in [0.05, 0.1) is 15.1 Å². The summed E-state index contributed by atoms with van der Waals surface area (Å²) in [6.07, 6.45) is 0.213. The highest BCUT2D eigenvalue weighted by atomic mass is 32.1.